The minimum Gasteiger partial charge on any atom is -0.325 e. The molecule has 0 radical (unpaired) electrons. The van der Waals surface area contributed by atoms with Crippen LogP contribution in [0.15, 0.2) is 52.4 Å². The van der Waals surface area contributed by atoms with Crippen molar-refractivity contribution in [2.45, 2.75) is 32.0 Å². The van der Waals surface area contributed by atoms with Gasteiger partial charge in [0, 0.05) is 18.3 Å². The Morgan fingerprint density at radius 2 is 2.03 bits per heavy atom. The van der Waals surface area contributed by atoms with Gasteiger partial charge < -0.3 is 5.32 Å². The van der Waals surface area contributed by atoms with Crippen LogP contribution >= 0.6 is 11.8 Å². The van der Waals surface area contributed by atoms with Crippen molar-refractivity contribution >= 4 is 39.9 Å². The molecule has 162 valence electrons. The minimum atomic E-state index is -0.980. The number of carbonyl (C=O) groups is 1. The largest absolute Gasteiger partial charge is 0.325 e. The smallest absolute Gasteiger partial charge is 0.306 e. The number of nitrogens with one attached hydrogen (secondary N) is 1. The first-order valence-electron chi connectivity index (χ1n) is 9.62. The average molecular weight is 444 g/mol. The Balaban J connectivity index is 1.80. The second kappa shape index (κ2) is 9.69. The Labute approximate surface area is 181 Å². The van der Waals surface area contributed by atoms with Gasteiger partial charge in [0.05, 0.1) is 21.6 Å². The number of rotatable bonds is 8. The maximum absolute atomic E-state index is 13.5. The Kier molecular flexibility index (Phi) is 7.01. The molecule has 0 saturated heterocycles. The number of thioether (sulfide) groups is 1. The maximum atomic E-state index is 13.5. The molecular formula is C21H21FN4O4S. The number of fused-ring (bicyclic) bond motifs is 1. The zero-order chi connectivity index (χ0) is 22.5. The maximum Gasteiger partial charge on any atom is 0.306 e. The van der Waals surface area contributed by atoms with Gasteiger partial charge in [0.1, 0.15) is 0 Å². The van der Waals surface area contributed by atoms with Crippen molar-refractivity contribution in [3.8, 4) is 0 Å². The lowest BCUT2D eigenvalue weighted by Gasteiger charge is -2.14. The molecule has 0 spiro atoms. The Hall–Kier alpha value is -3.27. The van der Waals surface area contributed by atoms with Crippen molar-refractivity contribution < 1.29 is 14.1 Å². The van der Waals surface area contributed by atoms with Crippen LogP contribution in [0.1, 0.15) is 20.3 Å². The lowest BCUT2D eigenvalue weighted by molar-refractivity contribution is -0.387. The van der Waals surface area contributed by atoms with Crippen LogP contribution in [-0.4, -0.2) is 26.1 Å². The molecule has 0 aliphatic rings. The summed E-state index contributed by atoms with van der Waals surface area (Å²) in [5, 5.41) is 14.3. The van der Waals surface area contributed by atoms with Gasteiger partial charge in [-0.2, -0.15) is 4.39 Å². The summed E-state index contributed by atoms with van der Waals surface area (Å²) in [7, 11) is 0. The average Bonchev–Trinajstić information content (AvgIpc) is 2.72. The fraction of sp³-hybridized carbons (Fsp3) is 0.286. The van der Waals surface area contributed by atoms with E-state index in [1.807, 2.05) is 0 Å². The SMILES string of the molecule is CC(C)CCn1c(SCC(=O)Nc2ccc(F)c([N+](=O)[O-])c2)nc2ccccc2c1=O. The molecule has 0 unspecified atom stereocenters. The number of anilines is 1. The van der Waals surface area contributed by atoms with E-state index in [4.69, 9.17) is 0 Å². The van der Waals surface area contributed by atoms with Gasteiger partial charge in [-0.3, -0.25) is 24.3 Å². The molecule has 0 aliphatic heterocycles. The zero-order valence-electron chi connectivity index (χ0n) is 17.0. The van der Waals surface area contributed by atoms with E-state index in [1.54, 1.807) is 28.8 Å². The molecule has 3 rings (SSSR count). The van der Waals surface area contributed by atoms with Crippen LogP contribution in [0.2, 0.25) is 0 Å². The number of nitro benzene ring substituents is 1. The number of nitrogens with zero attached hydrogens (tertiary/aromatic N) is 3. The monoisotopic (exact) mass is 444 g/mol. The zero-order valence-corrected chi connectivity index (χ0v) is 17.8. The van der Waals surface area contributed by atoms with E-state index in [1.165, 1.54) is 6.07 Å². The summed E-state index contributed by atoms with van der Waals surface area (Å²) in [6.07, 6.45) is 0.777. The number of nitro groups is 1. The van der Waals surface area contributed by atoms with Gasteiger partial charge in [-0.15, -0.1) is 0 Å². The highest BCUT2D eigenvalue weighted by Crippen LogP contribution is 2.23. The van der Waals surface area contributed by atoms with E-state index < -0.39 is 22.3 Å². The summed E-state index contributed by atoms with van der Waals surface area (Å²) in [5.74, 6) is -1.12. The van der Waals surface area contributed by atoms with E-state index in [-0.39, 0.29) is 17.0 Å². The third kappa shape index (κ3) is 5.46. The summed E-state index contributed by atoms with van der Waals surface area (Å²) >= 11 is 1.10. The molecule has 0 aliphatic carbocycles. The molecule has 0 fully saturated rings. The molecule has 3 aromatic rings. The molecule has 1 amide bonds. The molecule has 1 heterocycles. The fourth-order valence-corrected chi connectivity index (χ4v) is 3.73. The van der Waals surface area contributed by atoms with Crippen LogP contribution < -0.4 is 10.9 Å². The van der Waals surface area contributed by atoms with Crippen LogP contribution in [-0.2, 0) is 11.3 Å². The molecule has 10 heteroatoms. The third-order valence-corrected chi connectivity index (χ3v) is 5.49. The van der Waals surface area contributed by atoms with Gasteiger partial charge in [0.15, 0.2) is 5.16 Å². The van der Waals surface area contributed by atoms with E-state index in [0.717, 1.165) is 30.3 Å². The van der Waals surface area contributed by atoms with E-state index in [2.05, 4.69) is 24.1 Å². The highest BCUT2D eigenvalue weighted by Gasteiger charge is 2.17. The predicted molar refractivity (Wildman–Crippen MR) is 118 cm³/mol. The quantitative estimate of drug-likeness (QED) is 0.241. The number of hydrogen-bond acceptors (Lipinski definition) is 6. The number of halogens is 1. The van der Waals surface area contributed by atoms with Gasteiger partial charge in [0.25, 0.3) is 5.56 Å². The highest BCUT2D eigenvalue weighted by atomic mass is 32.2. The predicted octanol–water partition coefficient (Wildman–Crippen LogP) is 4.22. The standard InChI is InChI=1S/C21H21FN4O4S/c1-13(2)9-10-25-20(28)15-5-3-4-6-17(15)24-21(25)31-12-19(27)23-14-7-8-16(22)18(11-14)26(29)30/h3-8,11,13H,9-10,12H2,1-2H3,(H,23,27). The van der Waals surface area contributed by atoms with E-state index in [0.29, 0.717) is 28.5 Å². The first kappa shape index (κ1) is 22.4. The summed E-state index contributed by atoms with van der Waals surface area (Å²) in [6, 6.07) is 10.2. The second-order valence-corrected chi connectivity index (χ2v) is 8.25. The Bertz CT molecular complexity index is 1200. The minimum absolute atomic E-state index is 0.0718. The Morgan fingerprint density at radius 3 is 2.74 bits per heavy atom. The van der Waals surface area contributed by atoms with Crippen LogP contribution in [0.5, 0.6) is 0 Å². The van der Waals surface area contributed by atoms with Crippen molar-refractivity contribution in [2.75, 3.05) is 11.1 Å². The second-order valence-electron chi connectivity index (χ2n) is 7.31. The number of para-hydroxylation sites is 1. The van der Waals surface area contributed by atoms with Crippen LogP contribution in [0.25, 0.3) is 10.9 Å². The van der Waals surface area contributed by atoms with Gasteiger partial charge in [-0.25, -0.2) is 4.98 Å². The van der Waals surface area contributed by atoms with Crippen LogP contribution in [0.4, 0.5) is 15.8 Å². The molecular weight excluding hydrogens is 423 g/mol. The van der Waals surface area contributed by atoms with Crippen molar-refractivity contribution in [3.05, 3.63) is 68.7 Å². The van der Waals surface area contributed by atoms with Crippen LogP contribution in [0, 0.1) is 21.8 Å². The van der Waals surface area contributed by atoms with Crippen molar-refractivity contribution in [3.63, 3.8) is 0 Å². The van der Waals surface area contributed by atoms with Crippen molar-refractivity contribution in [1.82, 2.24) is 9.55 Å². The summed E-state index contributed by atoms with van der Waals surface area (Å²) in [5.41, 5.74) is -0.222. The topological polar surface area (TPSA) is 107 Å². The van der Waals surface area contributed by atoms with Gasteiger partial charge in [-0.1, -0.05) is 37.7 Å². The molecule has 1 N–H and O–H groups in total. The number of hydrogen-bond donors (Lipinski definition) is 1. The molecule has 0 atom stereocenters. The number of aromatic nitrogens is 2. The highest BCUT2D eigenvalue weighted by molar-refractivity contribution is 7.99. The number of benzene rings is 2. The van der Waals surface area contributed by atoms with Gasteiger partial charge >= 0.3 is 5.69 Å². The molecule has 0 bridgehead atoms. The normalized spacial score (nSPS) is 11.1. The molecule has 8 nitrogen and oxygen atoms in total. The number of amides is 1. The van der Waals surface area contributed by atoms with Crippen molar-refractivity contribution in [1.29, 1.82) is 0 Å². The summed E-state index contributed by atoms with van der Waals surface area (Å²) in [6.45, 7) is 4.59. The van der Waals surface area contributed by atoms with E-state index in [9.17, 15) is 24.1 Å². The molecule has 31 heavy (non-hydrogen) atoms. The molecule has 1 aromatic heterocycles. The molecule has 2 aromatic carbocycles. The molecule has 0 saturated carbocycles. The first-order chi connectivity index (χ1) is 14.8. The summed E-state index contributed by atoms with van der Waals surface area (Å²) in [4.78, 5) is 39.9. The van der Waals surface area contributed by atoms with Gasteiger partial charge in [-0.05, 0) is 36.6 Å². The third-order valence-electron chi connectivity index (χ3n) is 4.52. The number of carbonyl (C=O) groups excluding carboxylic acids is 1. The van der Waals surface area contributed by atoms with Crippen molar-refractivity contribution in [2.24, 2.45) is 5.92 Å². The lowest BCUT2D eigenvalue weighted by Crippen LogP contribution is -2.25. The summed E-state index contributed by atoms with van der Waals surface area (Å²) < 4.78 is 15.0. The first-order valence-corrected chi connectivity index (χ1v) is 10.6. The fourth-order valence-electron chi connectivity index (χ4n) is 2.90. The van der Waals surface area contributed by atoms with Gasteiger partial charge in [0.2, 0.25) is 11.7 Å². The van der Waals surface area contributed by atoms with Crippen LogP contribution in [0.3, 0.4) is 0 Å². The Morgan fingerprint density at radius 1 is 1.29 bits per heavy atom. The van der Waals surface area contributed by atoms with E-state index >= 15 is 0 Å². The lowest BCUT2D eigenvalue weighted by atomic mass is 10.1.